The van der Waals surface area contributed by atoms with E-state index in [0.717, 1.165) is 17.8 Å². The molecule has 2 aromatic carbocycles. The summed E-state index contributed by atoms with van der Waals surface area (Å²) in [5.74, 6) is 0.733. The number of alkyl halides is 1. The number of fused-ring (bicyclic) bond motifs is 1. The van der Waals surface area contributed by atoms with Crippen LogP contribution < -0.4 is 5.56 Å². The van der Waals surface area contributed by atoms with Crippen molar-refractivity contribution in [1.29, 1.82) is 0 Å². The van der Waals surface area contributed by atoms with Crippen LogP contribution in [-0.2, 0) is 6.54 Å². The number of halogens is 2. The van der Waals surface area contributed by atoms with E-state index in [1.54, 1.807) is 22.8 Å². The lowest BCUT2D eigenvalue weighted by Crippen LogP contribution is -2.26. The van der Waals surface area contributed by atoms with Crippen molar-refractivity contribution in [2.45, 2.75) is 24.7 Å². The van der Waals surface area contributed by atoms with E-state index in [1.807, 2.05) is 30.3 Å². The predicted molar refractivity (Wildman–Crippen MR) is 98.5 cm³/mol. The Morgan fingerprint density at radius 1 is 1.22 bits per heavy atom. The van der Waals surface area contributed by atoms with Crippen molar-refractivity contribution in [3.8, 4) is 0 Å². The standard InChI is InChI=1S/C18H16BrClN2O/c1-2-15(19)17-21-16-10-13(20)8-9-14(16)18(23)22(17)11-12-6-4-3-5-7-12/h3-10,15H,2,11H2,1H3/t15-/m1/s1. The maximum absolute atomic E-state index is 12.9. The molecule has 23 heavy (non-hydrogen) atoms. The highest BCUT2D eigenvalue weighted by Crippen LogP contribution is 2.26. The molecule has 0 radical (unpaired) electrons. The molecule has 0 aliphatic carbocycles. The average molecular weight is 392 g/mol. The van der Waals surface area contributed by atoms with Crippen LogP contribution in [0, 0.1) is 0 Å². The Bertz CT molecular complexity index is 893. The normalized spacial score (nSPS) is 12.5. The van der Waals surface area contributed by atoms with Gasteiger partial charge < -0.3 is 0 Å². The summed E-state index contributed by atoms with van der Waals surface area (Å²) in [5, 5.41) is 1.17. The quantitative estimate of drug-likeness (QED) is 0.590. The molecule has 0 N–H and O–H groups in total. The molecular weight excluding hydrogens is 376 g/mol. The second kappa shape index (κ2) is 6.85. The van der Waals surface area contributed by atoms with Gasteiger partial charge in [-0.3, -0.25) is 9.36 Å². The smallest absolute Gasteiger partial charge is 0.261 e. The highest BCUT2D eigenvalue weighted by Gasteiger charge is 2.17. The SMILES string of the molecule is CC[C@@H](Br)c1nc2cc(Cl)ccc2c(=O)n1Cc1ccccc1. The largest absolute Gasteiger partial charge is 0.291 e. The van der Waals surface area contributed by atoms with Gasteiger partial charge in [-0.15, -0.1) is 0 Å². The number of aromatic nitrogens is 2. The maximum Gasteiger partial charge on any atom is 0.261 e. The van der Waals surface area contributed by atoms with Gasteiger partial charge in [-0.05, 0) is 30.2 Å². The molecule has 0 saturated carbocycles. The van der Waals surface area contributed by atoms with Crippen molar-refractivity contribution in [3.05, 3.63) is 75.3 Å². The molecule has 118 valence electrons. The fourth-order valence-electron chi connectivity index (χ4n) is 2.55. The number of nitrogens with zero attached hydrogens (tertiary/aromatic N) is 2. The third-order valence-electron chi connectivity index (χ3n) is 3.77. The summed E-state index contributed by atoms with van der Waals surface area (Å²) in [7, 11) is 0. The van der Waals surface area contributed by atoms with Crippen molar-refractivity contribution in [1.82, 2.24) is 9.55 Å². The molecule has 0 spiro atoms. The summed E-state index contributed by atoms with van der Waals surface area (Å²) in [4.78, 5) is 17.7. The first kappa shape index (κ1) is 16.2. The van der Waals surface area contributed by atoms with Crippen LogP contribution in [0.25, 0.3) is 10.9 Å². The highest BCUT2D eigenvalue weighted by molar-refractivity contribution is 9.09. The minimum atomic E-state index is -0.0385. The minimum Gasteiger partial charge on any atom is -0.291 e. The molecular formula is C18H16BrClN2O. The molecule has 3 nitrogen and oxygen atoms in total. The summed E-state index contributed by atoms with van der Waals surface area (Å²) in [5.41, 5.74) is 1.67. The number of hydrogen-bond acceptors (Lipinski definition) is 2. The summed E-state index contributed by atoms with van der Waals surface area (Å²) in [6, 6.07) is 15.1. The lowest BCUT2D eigenvalue weighted by Gasteiger charge is -2.16. The van der Waals surface area contributed by atoms with Gasteiger partial charge in [-0.25, -0.2) is 4.98 Å². The summed E-state index contributed by atoms with van der Waals surface area (Å²) in [6.45, 7) is 2.56. The Hall–Kier alpha value is -1.65. The second-order valence-corrected chi connectivity index (χ2v) is 6.93. The van der Waals surface area contributed by atoms with Gasteiger partial charge in [-0.1, -0.05) is 64.8 Å². The molecule has 1 aromatic heterocycles. The molecule has 3 aromatic rings. The van der Waals surface area contributed by atoms with Crippen molar-refractivity contribution in [2.24, 2.45) is 0 Å². The van der Waals surface area contributed by atoms with E-state index in [-0.39, 0.29) is 10.4 Å². The first-order valence-corrected chi connectivity index (χ1v) is 8.77. The van der Waals surface area contributed by atoms with Crippen LogP contribution >= 0.6 is 27.5 Å². The van der Waals surface area contributed by atoms with E-state index in [4.69, 9.17) is 16.6 Å². The van der Waals surface area contributed by atoms with Crippen LogP contribution in [0.5, 0.6) is 0 Å². The molecule has 0 fully saturated rings. The molecule has 0 aliphatic rings. The lowest BCUT2D eigenvalue weighted by atomic mass is 10.2. The van der Waals surface area contributed by atoms with Gasteiger partial charge in [0.25, 0.3) is 5.56 Å². The average Bonchev–Trinajstić information content (AvgIpc) is 2.57. The molecule has 0 amide bonds. The monoisotopic (exact) mass is 390 g/mol. The van der Waals surface area contributed by atoms with Gasteiger partial charge in [0.05, 0.1) is 22.3 Å². The van der Waals surface area contributed by atoms with Crippen molar-refractivity contribution in [2.75, 3.05) is 0 Å². The van der Waals surface area contributed by atoms with Crippen LogP contribution in [0.4, 0.5) is 0 Å². The molecule has 0 unspecified atom stereocenters. The zero-order chi connectivity index (χ0) is 16.4. The second-order valence-electron chi connectivity index (χ2n) is 5.38. The highest BCUT2D eigenvalue weighted by atomic mass is 79.9. The topological polar surface area (TPSA) is 34.9 Å². The van der Waals surface area contributed by atoms with Gasteiger partial charge in [0.2, 0.25) is 0 Å². The first-order chi connectivity index (χ1) is 11.1. The van der Waals surface area contributed by atoms with Crippen LogP contribution in [-0.4, -0.2) is 9.55 Å². The van der Waals surface area contributed by atoms with Crippen molar-refractivity contribution in [3.63, 3.8) is 0 Å². The number of hydrogen-bond donors (Lipinski definition) is 0. The Morgan fingerprint density at radius 2 is 1.96 bits per heavy atom. The van der Waals surface area contributed by atoms with Crippen molar-refractivity contribution < 1.29 is 0 Å². The van der Waals surface area contributed by atoms with E-state index >= 15 is 0 Å². The molecule has 1 heterocycles. The molecule has 1 atom stereocenters. The summed E-state index contributed by atoms with van der Waals surface area (Å²) < 4.78 is 1.74. The molecule has 5 heteroatoms. The molecule has 0 bridgehead atoms. The third-order valence-corrected chi connectivity index (χ3v) is 5.06. The van der Waals surface area contributed by atoms with E-state index in [0.29, 0.717) is 22.5 Å². The maximum atomic E-state index is 12.9. The fraction of sp³-hybridized carbons (Fsp3) is 0.222. The van der Waals surface area contributed by atoms with E-state index in [1.165, 1.54) is 0 Å². The van der Waals surface area contributed by atoms with Crippen LogP contribution in [0.15, 0.2) is 53.3 Å². The zero-order valence-corrected chi connectivity index (χ0v) is 15.0. The van der Waals surface area contributed by atoms with E-state index < -0.39 is 0 Å². The van der Waals surface area contributed by atoms with E-state index in [9.17, 15) is 4.79 Å². The van der Waals surface area contributed by atoms with Gasteiger partial charge >= 0.3 is 0 Å². The molecule has 0 aliphatic heterocycles. The van der Waals surface area contributed by atoms with Gasteiger partial charge in [0.1, 0.15) is 5.82 Å². The van der Waals surface area contributed by atoms with Gasteiger partial charge in [-0.2, -0.15) is 0 Å². The van der Waals surface area contributed by atoms with Gasteiger partial charge in [0.15, 0.2) is 0 Å². The number of benzene rings is 2. The Balaban J connectivity index is 2.23. The van der Waals surface area contributed by atoms with E-state index in [2.05, 4.69) is 22.9 Å². The molecule has 3 rings (SSSR count). The zero-order valence-electron chi connectivity index (χ0n) is 12.7. The van der Waals surface area contributed by atoms with Gasteiger partial charge in [0, 0.05) is 5.02 Å². The summed E-state index contributed by atoms with van der Waals surface area (Å²) >= 11 is 9.68. The fourth-order valence-corrected chi connectivity index (χ4v) is 3.07. The van der Waals surface area contributed by atoms with Crippen molar-refractivity contribution >= 4 is 38.4 Å². The minimum absolute atomic E-state index is 0.0160. The van der Waals surface area contributed by atoms with Crippen LogP contribution in [0.2, 0.25) is 5.02 Å². The predicted octanol–water partition coefficient (Wildman–Crippen LogP) is 4.94. The first-order valence-electron chi connectivity index (χ1n) is 7.48. The Morgan fingerprint density at radius 3 is 2.65 bits per heavy atom. The third kappa shape index (κ3) is 3.33. The summed E-state index contributed by atoms with van der Waals surface area (Å²) in [6.07, 6.45) is 0.841. The Labute approximate surface area is 148 Å². The molecule has 0 saturated heterocycles. The number of rotatable bonds is 4. The van der Waals surface area contributed by atoms with Crippen LogP contribution in [0.3, 0.4) is 0 Å². The Kier molecular flexibility index (Phi) is 4.83. The van der Waals surface area contributed by atoms with Crippen LogP contribution in [0.1, 0.15) is 29.6 Å². The lowest BCUT2D eigenvalue weighted by molar-refractivity contribution is 0.662.